The second kappa shape index (κ2) is 5.99. The summed E-state index contributed by atoms with van der Waals surface area (Å²) in [5.41, 5.74) is -0.364. The zero-order valence-electron chi connectivity index (χ0n) is 13.1. The van der Waals surface area contributed by atoms with E-state index >= 15 is 0 Å². The van der Waals surface area contributed by atoms with Crippen LogP contribution in [0.25, 0.3) is 0 Å². The molecular formula is C16H22N2O3S. The monoisotopic (exact) mass is 322 g/mol. The first-order valence-corrected chi connectivity index (χ1v) is 9.08. The molecule has 120 valence electrons. The summed E-state index contributed by atoms with van der Waals surface area (Å²) in [6, 6.07) is 3.60. The van der Waals surface area contributed by atoms with Crippen LogP contribution in [0.4, 0.5) is 0 Å². The largest absolute Gasteiger partial charge is 0.455 e. The Kier molecular flexibility index (Phi) is 4.21. The lowest BCUT2D eigenvalue weighted by molar-refractivity contribution is -0.143. The third-order valence-corrected chi connectivity index (χ3v) is 5.32. The molecule has 2 saturated heterocycles. The maximum atomic E-state index is 12.6. The first-order chi connectivity index (χ1) is 10.6. The number of rotatable bonds is 3. The number of carbonyl (C=O) groups excluding carboxylic acids is 2. The van der Waals surface area contributed by atoms with Gasteiger partial charge in [-0.3, -0.25) is 9.59 Å². The molecule has 1 atom stereocenters. The number of hydrogen-bond acceptors (Lipinski definition) is 4. The molecule has 2 amide bonds. The van der Waals surface area contributed by atoms with E-state index < -0.39 is 0 Å². The molecule has 0 aromatic carbocycles. The molecule has 1 aromatic rings. The molecule has 0 saturated carbocycles. The summed E-state index contributed by atoms with van der Waals surface area (Å²) < 4.78 is 5.61. The molecule has 2 aliphatic heterocycles. The van der Waals surface area contributed by atoms with E-state index in [2.05, 4.69) is 0 Å². The Hall–Kier alpha value is -1.43. The van der Waals surface area contributed by atoms with Gasteiger partial charge in [-0.2, -0.15) is 11.8 Å². The summed E-state index contributed by atoms with van der Waals surface area (Å²) in [5, 5.41) is 0. The van der Waals surface area contributed by atoms with Crippen molar-refractivity contribution in [3.63, 3.8) is 0 Å². The van der Waals surface area contributed by atoms with Crippen molar-refractivity contribution >= 4 is 23.6 Å². The van der Waals surface area contributed by atoms with E-state index in [0.29, 0.717) is 18.8 Å². The number of carbonyl (C=O) groups is 2. The predicted octanol–water partition coefficient (Wildman–Crippen LogP) is 2.23. The first kappa shape index (κ1) is 15.5. The van der Waals surface area contributed by atoms with Gasteiger partial charge in [0.05, 0.1) is 11.2 Å². The van der Waals surface area contributed by atoms with Crippen LogP contribution in [0.1, 0.15) is 35.6 Å². The maximum Gasteiger partial charge on any atom is 0.289 e. The van der Waals surface area contributed by atoms with Crippen molar-refractivity contribution in [3.05, 3.63) is 23.7 Å². The van der Waals surface area contributed by atoms with Gasteiger partial charge in [0, 0.05) is 26.7 Å². The molecule has 1 aromatic heterocycles. The SMILES string of the molecule is CSCc1ccc(C(=O)N2CCC3(CCCN(C)C3=O)C2)o1. The second-order valence-corrected chi connectivity index (χ2v) is 7.15. The number of nitrogens with zero attached hydrogens (tertiary/aromatic N) is 2. The molecule has 6 heteroatoms. The highest BCUT2D eigenvalue weighted by atomic mass is 32.2. The molecule has 5 nitrogen and oxygen atoms in total. The molecule has 2 fully saturated rings. The minimum atomic E-state index is -0.364. The van der Waals surface area contributed by atoms with Crippen LogP contribution in [-0.2, 0) is 10.5 Å². The molecule has 0 N–H and O–H groups in total. The van der Waals surface area contributed by atoms with Crippen molar-refractivity contribution < 1.29 is 14.0 Å². The highest BCUT2D eigenvalue weighted by molar-refractivity contribution is 7.97. The Morgan fingerprint density at radius 2 is 2.18 bits per heavy atom. The summed E-state index contributed by atoms with van der Waals surface area (Å²) in [5.74, 6) is 2.07. The maximum absolute atomic E-state index is 12.6. The van der Waals surface area contributed by atoms with Gasteiger partial charge in [0.15, 0.2) is 5.76 Å². The Labute approximate surface area is 135 Å². The van der Waals surface area contributed by atoms with Crippen LogP contribution in [0.2, 0.25) is 0 Å². The number of piperidine rings is 1. The number of hydrogen-bond donors (Lipinski definition) is 0. The van der Waals surface area contributed by atoms with Crippen LogP contribution < -0.4 is 0 Å². The lowest BCUT2D eigenvalue weighted by Gasteiger charge is -2.37. The minimum Gasteiger partial charge on any atom is -0.455 e. The topological polar surface area (TPSA) is 53.8 Å². The predicted molar refractivity (Wildman–Crippen MR) is 85.8 cm³/mol. The molecular weight excluding hydrogens is 300 g/mol. The number of thioether (sulfide) groups is 1. The van der Waals surface area contributed by atoms with Crippen LogP contribution >= 0.6 is 11.8 Å². The van der Waals surface area contributed by atoms with E-state index in [9.17, 15) is 9.59 Å². The van der Waals surface area contributed by atoms with Crippen molar-refractivity contribution in [1.82, 2.24) is 9.80 Å². The van der Waals surface area contributed by atoms with Crippen LogP contribution in [-0.4, -0.2) is 54.6 Å². The van der Waals surface area contributed by atoms with Gasteiger partial charge in [-0.1, -0.05) is 0 Å². The van der Waals surface area contributed by atoms with Crippen LogP contribution in [0.15, 0.2) is 16.5 Å². The normalized spacial score (nSPS) is 25.3. The van der Waals surface area contributed by atoms with Gasteiger partial charge >= 0.3 is 0 Å². The smallest absolute Gasteiger partial charge is 0.289 e. The molecule has 3 rings (SSSR count). The number of likely N-dealkylation sites (tertiary alicyclic amines) is 2. The van der Waals surface area contributed by atoms with E-state index in [1.165, 1.54) is 0 Å². The van der Waals surface area contributed by atoms with Gasteiger partial charge in [-0.25, -0.2) is 0 Å². The van der Waals surface area contributed by atoms with E-state index in [1.54, 1.807) is 27.6 Å². The van der Waals surface area contributed by atoms with Crippen LogP contribution in [0.5, 0.6) is 0 Å². The molecule has 2 aliphatic rings. The molecule has 1 unspecified atom stereocenters. The Bertz CT molecular complexity index is 586. The minimum absolute atomic E-state index is 0.0924. The highest BCUT2D eigenvalue weighted by Crippen LogP contribution is 2.40. The van der Waals surface area contributed by atoms with E-state index in [4.69, 9.17) is 4.42 Å². The molecule has 0 bridgehead atoms. The zero-order chi connectivity index (χ0) is 15.7. The Morgan fingerprint density at radius 1 is 1.36 bits per heavy atom. The standard InChI is InChI=1S/C16H22N2O3S/c1-17-8-3-6-16(15(17)20)7-9-18(11-16)14(19)13-5-4-12(21-13)10-22-2/h4-5H,3,6-11H2,1-2H3. The lowest BCUT2D eigenvalue weighted by atomic mass is 9.78. The molecule has 0 radical (unpaired) electrons. The Balaban J connectivity index is 1.71. The third kappa shape index (κ3) is 2.64. The molecule has 3 heterocycles. The number of furan rings is 1. The van der Waals surface area contributed by atoms with Crippen molar-refractivity contribution in [2.45, 2.75) is 25.0 Å². The fraction of sp³-hybridized carbons (Fsp3) is 0.625. The van der Waals surface area contributed by atoms with Crippen molar-refractivity contribution in [2.75, 3.05) is 32.9 Å². The van der Waals surface area contributed by atoms with Gasteiger partial charge in [0.25, 0.3) is 5.91 Å². The van der Waals surface area contributed by atoms with E-state index in [1.807, 2.05) is 19.4 Å². The van der Waals surface area contributed by atoms with Gasteiger partial charge in [0.2, 0.25) is 5.91 Å². The van der Waals surface area contributed by atoms with E-state index in [-0.39, 0.29) is 17.2 Å². The van der Waals surface area contributed by atoms with Gasteiger partial charge < -0.3 is 14.2 Å². The van der Waals surface area contributed by atoms with Crippen molar-refractivity contribution in [2.24, 2.45) is 5.41 Å². The fourth-order valence-electron chi connectivity index (χ4n) is 3.56. The quantitative estimate of drug-likeness (QED) is 0.856. The average molecular weight is 322 g/mol. The fourth-order valence-corrected chi connectivity index (χ4v) is 4.00. The summed E-state index contributed by atoms with van der Waals surface area (Å²) in [6.07, 6.45) is 4.67. The average Bonchev–Trinajstić information content (AvgIpc) is 3.13. The molecule has 22 heavy (non-hydrogen) atoms. The van der Waals surface area contributed by atoms with Crippen molar-refractivity contribution in [1.29, 1.82) is 0 Å². The first-order valence-electron chi connectivity index (χ1n) is 7.68. The van der Waals surface area contributed by atoms with Gasteiger partial charge in [-0.05, 0) is 37.7 Å². The van der Waals surface area contributed by atoms with Gasteiger partial charge in [0.1, 0.15) is 5.76 Å². The van der Waals surface area contributed by atoms with Crippen LogP contribution in [0.3, 0.4) is 0 Å². The highest BCUT2D eigenvalue weighted by Gasteiger charge is 2.48. The summed E-state index contributed by atoms with van der Waals surface area (Å²) in [6.45, 7) is 1.98. The van der Waals surface area contributed by atoms with Gasteiger partial charge in [-0.15, -0.1) is 0 Å². The summed E-state index contributed by atoms with van der Waals surface area (Å²) in [4.78, 5) is 28.7. The summed E-state index contributed by atoms with van der Waals surface area (Å²) in [7, 11) is 1.86. The molecule has 1 spiro atoms. The summed E-state index contributed by atoms with van der Waals surface area (Å²) >= 11 is 1.66. The number of amides is 2. The second-order valence-electron chi connectivity index (χ2n) is 6.29. The van der Waals surface area contributed by atoms with Crippen LogP contribution in [0, 0.1) is 5.41 Å². The Morgan fingerprint density at radius 3 is 2.95 bits per heavy atom. The third-order valence-electron chi connectivity index (χ3n) is 4.75. The zero-order valence-corrected chi connectivity index (χ0v) is 13.9. The molecule has 0 aliphatic carbocycles. The van der Waals surface area contributed by atoms with E-state index in [0.717, 1.165) is 37.3 Å². The van der Waals surface area contributed by atoms with Crippen molar-refractivity contribution in [3.8, 4) is 0 Å². The lowest BCUT2D eigenvalue weighted by Crippen LogP contribution is -2.48.